The van der Waals surface area contributed by atoms with Gasteiger partial charge in [0.2, 0.25) is 0 Å². The van der Waals surface area contributed by atoms with Crippen LogP contribution in [0.4, 0.5) is 5.82 Å². The van der Waals surface area contributed by atoms with E-state index in [0.29, 0.717) is 11.7 Å². The highest BCUT2D eigenvalue weighted by Crippen LogP contribution is 2.24. The van der Waals surface area contributed by atoms with Crippen LogP contribution in [0.25, 0.3) is 0 Å². The van der Waals surface area contributed by atoms with Gasteiger partial charge in [0, 0.05) is 13.1 Å². The van der Waals surface area contributed by atoms with E-state index in [1.165, 1.54) is 6.07 Å². The average molecular weight is 250 g/mol. The van der Waals surface area contributed by atoms with Crippen molar-refractivity contribution in [3.63, 3.8) is 0 Å². The molecule has 0 saturated carbocycles. The monoisotopic (exact) mass is 250 g/mol. The highest BCUT2D eigenvalue weighted by atomic mass is 16.4. The third-order valence-corrected chi connectivity index (χ3v) is 3.50. The molecule has 0 radical (unpaired) electrons. The Hall–Kier alpha value is -1.62. The summed E-state index contributed by atoms with van der Waals surface area (Å²) in [6, 6.07) is 5.04. The first kappa shape index (κ1) is 12.8. The van der Waals surface area contributed by atoms with Crippen LogP contribution in [-0.2, 0) is 0 Å². The summed E-state index contributed by atoms with van der Waals surface area (Å²) in [5.74, 6) is 0.0403. The van der Waals surface area contributed by atoms with Gasteiger partial charge in [-0.1, -0.05) is 6.07 Å². The fourth-order valence-electron chi connectivity index (χ4n) is 2.33. The van der Waals surface area contributed by atoms with E-state index in [1.807, 2.05) is 13.0 Å². The number of carbonyl (C=O) groups is 1. The van der Waals surface area contributed by atoms with E-state index in [-0.39, 0.29) is 11.8 Å². The van der Waals surface area contributed by atoms with E-state index >= 15 is 0 Å². The molecule has 1 aliphatic rings. The lowest BCUT2D eigenvalue weighted by atomic mass is 9.92. The molecule has 0 aliphatic carbocycles. The highest BCUT2D eigenvalue weighted by Gasteiger charge is 2.23. The second kappa shape index (κ2) is 5.35. The molecule has 98 valence electrons. The van der Waals surface area contributed by atoms with Gasteiger partial charge in [-0.15, -0.1) is 0 Å². The summed E-state index contributed by atoms with van der Waals surface area (Å²) in [6.07, 6.45) is 1.55. The van der Waals surface area contributed by atoms with Crippen molar-refractivity contribution < 1.29 is 15.0 Å². The maximum atomic E-state index is 10.9. The minimum atomic E-state index is -1.00. The molecular formula is C13H18N2O3. The van der Waals surface area contributed by atoms with Crippen molar-refractivity contribution in [3.8, 4) is 0 Å². The number of aromatic nitrogens is 1. The van der Waals surface area contributed by atoms with Gasteiger partial charge in [-0.25, -0.2) is 9.78 Å². The summed E-state index contributed by atoms with van der Waals surface area (Å²) in [4.78, 5) is 17.1. The lowest BCUT2D eigenvalue weighted by Crippen LogP contribution is -2.37. The van der Waals surface area contributed by atoms with Crippen molar-refractivity contribution in [1.82, 2.24) is 4.98 Å². The van der Waals surface area contributed by atoms with Crippen molar-refractivity contribution in [2.24, 2.45) is 5.92 Å². The van der Waals surface area contributed by atoms with Crippen LogP contribution in [0.3, 0.4) is 0 Å². The fourth-order valence-corrected chi connectivity index (χ4v) is 2.33. The highest BCUT2D eigenvalue weighted by molar-refractivity contribution is 5.85. The summed E-state index contributed by atoms with van der Waals surface area (Å²) in [7, 11) is 0. The van der Waals surface area contributed by atoms with Crippen LogP contribution in [-0.4, -0.2) is 40.4 Å². The largest absolute Gasteiger partial charge is 0.477 e. The number of anilines is 1. The van der Waals surface area contributed by atoms with E-state index in [0.717, 1.165) is 25.9 Å². The van der Waals surface area contributed by atoms with Gasteiger partial charge >= 0.3 is 5.97 Å². The molecule has 0 spiro atoms. The van der Waals surface area contributed by atoms with Crippen LogP contribution in [0.2, 0.25) is 0 Å². The van der Waals surface area contributed by atoms with Crippen LogP contribution in [0, 0.1) is 5.92 Å². The Kier molecular flexibility index (Phi) is 3.81. The van der Waals surface area contributed by atoms with Crippen molar-refractivity contribution in [2.75, 3.05) is 18.0 Å². The van der Waals surface area contributed by atoms with E-state index in [2.05, 4.69) is 9.88 Å². The zero-order chi connectivity index (χ0) is 13.1. The molecule has 0 aromatic carbocycles. The molecular weight excluding hydrogens is 232 g/mol. The summed E-state index contributed by atoms with van der Waals surface area (Å²) < 4.78 is 0. The molecule has 5 heteroatoms. The number of aliphatic hydroxyl groups is 1. The second-order valence-electron chi connectivity index (χ2n) is 4.75. The Morgan fingerprint density at radius 2 is 2.11 bits per heavy atom. The van der Waals surface area contributed by atoms with Crippen molar-refractivity contribution in [1.29, 1.82) is 0 Å². The molecule has 1 atom stereocenters. The molecule has 1 aliphatic heterocycles. The number of carboxylic acids is 1. The number of piperidine rings is 1. The smallest absolute Gasteiger partial charge is 0.354 e. The average Bonchev–Trinajstić information content (AvgIpc) is 2.39. The molecule has 1 aromatic rings. The summed E-state index contributed by atoms with van der Waals surface area (Å²) >= 11 is 0. The zero-order valence-corrected chi connectivity index (χ0v) is 10.4. The van der Waals surface area contributed by atoms with E-state index in [1.54, 1.807) is 6.07 Å². The van der Waals surface area contributed by atoms with Crippen molar-refractivity contribution in [2.45, 2.75) is 25.9 Å². The molecule has 2 N–H and O–H groups in total. The zero-order valence-electron chi connectivity index (χ0n) is 10.4. The number of pyridine rings is 1. The van der Waals surface area contributed by atoms with Gasteiger partial charge in [0.05, 0.1) is 6.10 Å². The molecule has 1 unspecified atom stereocenters. The van der Waals surface area contributed by atoms with Crippen LogP contribution in [0.1, 0.15) is 30.3 Å². The van der Waals surface area contributed by atoms with Gasteiger partial charge in [0.25, 0.3) is 0 Å². The Morgan fingerprint density at radius 1 is 1.44 bits per heavy atom. The Bertz CT molecular complexity index is 426. The normalized spacial score (nSPS) is 18.7. The maximum Gasteiger partial charge on any atom is 0.354 e. The lowest BCUT2D eigenvalue weighted by molar-refractivity contribution is 0.0690. The lowest BCUT2D eigenvalue weighted by Gasteiger charge is -2.34. The maximum absolute atomic E-state index is 10.9. The van der Waals surface area contributed by atoms with E-state index in [9.17, 15) is 9.90 Å². The first-order valence-electron chi connectivity index (χ1n) is 6.21. The minimum absolute atomic E-state index is 0.0742. The predicted octanol–water partition coefficient (Wildman–Crippen LogP) is 1.38. The molecule has 2 rings (SSSR count). The van der Waals surface area contributed by atoms with Gasteiger partial charge in [-0.3, -0.25) is 0 Å². The Balaban J connectivity index is 2.05. The second-order valence-corrected chi connectivity index (χ2v) is 4.75. The summed E-state index contributed by atoms with van der Waals surface area (Å²) in [5, 5.41) is 18.4. The number of hydrogen-bond acceptors (Lipinski definition) is 4. The minimum Gasteiger partial charge on any atom is -0.477 e. The molecule has 18 heavy (non-hydrogen) atoms. The molecule has 0 bridgehead atoms. The topological polar surface area (TPSA) is 73.7 Å². The number of rotatable bonds is 3. The SMILES string of the molecule is CC(O)C1CCN(c2cccc(C(=O)O)n2)CC1. The van der Waals surface area contributed by atoms with Crippen LogP contribution in [0.5, 0.6) is 0 Å². The van der Waals surface area contributed by atoms with Gasteiger partial charge in [0.15, 0.2) is 5.69 Å². The quantitative estimate of drug-likeness (QED) is 0.847. The van der Waals surface area contributed by atoms with E-state index in [4.69, 9.17) is 5.11 Å². The number of aliphatic hydroxyl groups excluding tert-OH is 1. The standard InChI is InChI=1S/C13H18N2O3/c1-9(16)10-5-7-15(8-6-10)12-4-2-3-11(14-12)13(17)18/h2-4,9-10,16H,5-8H2,1H3,(H,17,18). The molecule has 1 fully saturated rings. The molecule has 1 aromatic heterocycles. The van der Waals surface area contributed by atoms with Crippen LogP contribution < -0.4 is 4.90 Å². The first-order chi connectivity index (χ1) is 8.58. The van der Waals surface area contributed by atoms with Crippen LogP contribution in [0.15, 0.2) is 18.2 Å². The first-order valence-corrected chi connectivity index (χ1v) is 6.21. The predicted molar refractivity (Wildman–Crippen MR) is 67.8 cm³/mol. The number of aromatic carboxylic acids is 1. The van der Waals surface area contributed by atoms with Gasteiger partial charge in [0.1, 0.15) is 5.82 Å². The fraction of sp³-hybridized carbons (Fsp3) is 0.538. The number of nitrogens with zero attached hydrogens (tertiary/aromatic N) is 2. The molecule has 0 amide bonds. The van der Waals surface area contributed by atoms with Crippen molar-refractivity contribution >= 4 is 11.8 Å². The van der Waals surface area contributed by atoms with E-state index < -0.39 is 5.97 Å². The third-order valence-electron chi connectivity index (χ3n) is 3.50. The molecule has 1 saturated heterocycles. The number of carboxylic acid groups (broad SMARTS) is 1. The Morgan fingerprint density at radius 3 is 2.67 bits per heavy atom. The summed E-state index contributed by atoms with van der Waals surface area (Å²) in [5.41, 5.74) is 0.0742. The molecule has 2 heterocycles. The third kappa shape index (κ3) is 2.79. The van der Waals surface area contributed by atoms with Crippen molar-refractivity contribution in [3.05, 3.63) is 23.9 Å². The molecule has 5 nitrogen and oxygen atoms in total. The van der Waals surface area contributed by atoms with Crippen LogP contribution >= 0.6 is 0 Å². The van der Waals surface area contributed by atoms with Gasteiger partial charge < -0.3 is 15.1 Å². The number of hydrogen-bond donors (Lipinski definition) is 2. The Labute approximate surface area is 106 Å². The van der Waals surface area contributed by atoms with Gasteiger partial charge in [-0.2, -0.15) is 0 Å². The van der Waals surface area contributed by atoms with Gasteiger partial charge in [-0.05, 0) is 37.8 Å². The summed E-state index contributed by atoms with van der Waals surface area (Å²) in [6.45, 7) is 3.45.